The lowest BCUT2D eigenvalue weighted by Crippen LogP contribution is -2.68. The first kappa shape index (κ1) is 11.8. The molecule has 2 aliphatic heterocycles. The largest absolute Gasteiger partial charge is 0.351 e. The smallest absolute Gasteiger partial charge is 0.315 e. The molecule has 0 saturated carbocycles. The Hall–Kier alpha value is -2.01. The molecule has 4 rings (SSSR count). The molecule has 1 aromatic carbocycles. The standard InChI is InChI=1S/C15H18N4O/c1-18-5-4-12-6-11(2-3-13(12)18)7-19-9-15(10-19)8-16-14(20)17-15/h2-6H,7-10H2,1H3,(H2,16,17,20). The van der Waals surface area contributed by atoms with Crippen LogP contribution in [-0.4, -0.2) is 40.7 Å². The average Bonchev–Trinajstić information content (AvgIpc) is 2.94. The lowest BCUT2D eigenvalue weighted by atomic mass is 9.90. The van der Waals surface area contributed by atoms with Gasteiger partial charge in [-0.25, -0.2) is 4.79 Å². The molecule has 0 radical (unpaired) electrons. The summed E-state index contributed by atoms with van der Waals surface area (Å²) in [5.41, 5.74) is 2.57. The Morgan fingerprint density at radius 2 is 2.15 bits per heavy atom. The second kappa shape index (κ2) is 3.99. The first-order valence-electron chi connectivity index (χ1n) is 6.96. The van der Waals surface area contributed by atoms with E-state index in [9.17, 15) is 4.79 Å². The number of urea groups is 1. The summed E-state index contributed by atoms with van der Waals surface area (Å²) in [6, 6.07) is 8.75. The second-order valence-corrected chi connectivity index (χ2v) is 6.05. The van der Waals surface area contributed by atoms with Crippen LogP contribution < -0.4 is 10.6 Å². The predicted octanol–water partition coefficient (Wildman–Crippen LogP) is 1.05. The Morgan fingerprint density at radius 1 is 1.30 bits per heavy atom. The first-order chi connectivity index (χ1) is 9.63. The highest BCUT2D eigenvalue weighted by molar-refractivity contribution is 5.80. The third-order valence-corrected chi connectivity index (χ3v) is 4.37. The van der Waals surface area contributed by atoms with Crippen LogP contribution in [0.25, 0.3) is 10.9 Å². The molecule has 1 aromatic heterocycles. The van der Waals surface area contributed by atoms with Gasteiger partial charge in [-0.1, -0.05) is 6.07 Å². The zero-order valence-electron chi connectivity index (χ0n) is 11.5. The maximum atomic E-state index is 11.2. The third-order valence-electron chi connectivity index (χ3n) is 4.37. The number of nitrogens with one attached hydrogen (secondary N) is 2. The Balaban J connectivity index is 1.45. The minimum atomic E-state index is -0.0321. The van der Waals surface area contributed by atoms with Crippen LogP contribution in [0, 0.1) is 0 Å². The fraction of sp³-hybridized carbons (Fsp3) is 0.400. The van der Waals surface area contributed by atoms with Crippen molar-refractivity contribution in [1.29, 1.82) is 0 Å². The van der Waals surface area contributed by atoms with Gasteiger partial charge in [-0.05, 0) is 29.1 Å². The van der Waals surface area contributed by atoms with Crippen molar-refractivity contribution < 1.29 is 4.79 Å². The van der Waals surface area contributed by atoms with Gasteiger partial charge in [-0.2, -0.15) is 0 Å². The highest BCUT2D eigenvalue weighted by Crippen LogP contribution is 2.26. The van der Waals surface area contributed by atoms with E-state index in [-0.39, 0.29) is 11.6 Å². The van der Waals surface area contributed by atoms with Gasteiger partial charge in [0.15, 0.2) is 0 Å². The highest BCUT2D eigenvalue weighted by Gasteiger charge is 2.47. The maximum absolute atomic E-state index is 11.2. The minimum Gasteiger partial charge on any atom is -0.351 e. The number of aromatic nitrogens is 1. The van der Waals surface area contributed by atoms with Crippen molar-refractivity contribution in [3.05, 3.63) is 36.0 Å². The van der Waals surface area contributed by atoms with Crippen molar-refractivity contribution in [2.45, 2.75) is 12.1 Å². The molecule has 3 heterocycles. The molecule has 1 spiro atoms. The van der Waals surface area contributed by atoms with E-state index in [0.29, 0.717) is 0 Å². The lowest BCUT2D eigenvalue weighted by Gasteiger charge is -2.47. The molecule has 0 bridgehead atoms. The predicted molar refractivity (Wildman–Crippen MR) is 77.5 cm³/mol. The number of carbonyl (C=O) groups excluding carboxylic acids is 1. The Labute approximate surface area is 117 Å². The molecule has 20 heavy (non-hydrogen) atoms. The quantitative estimate of drug-likeness (QED) is 0.857. The van der Waals surface area contributed by atoms with Crippen LogP contribution >= 0.6 is 0 Å². The molecule has 2 aliphatic rings. The van der Waals surface area contributed by atoms with Gasteiger partial charge in [-0.15, -0.1) is 0 Å². The van der Waals surface area contributed by atoms with Crippen LogP contribution in [-0.2, 0) is 13.6 Å². The number of likely N-dealkylation sites (tertiary alicyclic amines) is 1. The Kier molecular flexibility index (Phi) is 2.35. The summed E-state index contributed by atoms with van der Waals surface area (Å²) in [7, 11) is 2.07. The average molecular weight is 270 g/mol. The molecule has 0 unspecified atom stereocenters. The topological polar surface area (TPSA) is 49.3 Å². The van der Waals surface area contributed by atoms with E-state index in [1.165, 1.54) is 16.5 Å². The number of aryl methyl sites for hydroxylation is 1. The zero-order chi connectivity index (χ0) is 13.7. The van der Waals surface area contributed by atoms with Crippen molar-refractivity contribution in [1.82, 2.24) is 20.1 Å². The lowest BCUT2D eigenvalue weighted by molar-refractivity contribution is 0.0596. The Morgan fingerprint density at radius 3 is 2.90 bits per heavy atom. The summed E-state index contributed by atoms with van der Waals surface area (Å²) < 4.78 is 2.14. The first-order valence-corrected chi connectivity index (χ1v) is 6.96. The molecule has 5 heteroatoms. The van der Waals surface area contributed by atoms with E-state index in [1.54, 1.807) is 0 Å². The van der Waals surface area contributed by atoms with E-state index >= 15 is 0 Å². The van der Waals surface area contributed by atoms with E-state index in [1.807, 2.05) is 0 Å². The fourth-order valence-corrected chi connectivity index (χ4v) is 3.38. The Bertz CT molecular complexity index is 684. The summed E-state index contributed by atoms with van der Waals surface area (Å²) >= 11 is 0. The van der Waals surface area contributed by atoms with Crippen LogP contribution in [0.1, 0.15) is 5.56 Å². The van der Waals surface area contributed by atoms with Crippen LogP contribution in [0.4, 0.5) is 4.79 Å². The number of nitrogens with zero attached hydrogens (tertiary/aromatic N) is 2. The normalized spacial score (nSPS) is 20.9. The van der Waals surface area contributed by atoms with E-state index < -0.39 is 0 Å². The number of benzene rings is 1. The minimum absolute atomic E-state index is 0.0199. The van der Waals surface area contributed by atoms with Gasteiger partial charge in [0.1, 0.15) is 0 Å². The van der Waals surface area contributed by atoms with Gasteiger partial charge in [0.2, 0.25) is 0 Å². The molecule has 2 saturated heterocycles. The molecule has 2 aromatic rings. The van der Waals surface area contributed by atoms with Gasteiger partial charge in [0, 0.05) is 44.9 Å². The molecule has 2 amide bonds. The van der Waals surface area contributed by atoms with Gasteiger partial charge in [0.05, 0.1) is 5.54 Å². The van der Waals surface area contributed by atoms with Crippen LogP contribution in [0.3, 0.4) is 0 Å². The van der Waals surface area contributed by atoms with Gasteiger partial charge < -0.3 is 15.2 Å². The third kappa shape index (κ3) is 1.78. The van der Waals surface area contributed by atoms with Crippen molar-refractivity contribution in [3.63, 3.8) is 0 Å². The summed E-state index contributed by atoms with van der Waals surface area (Å²) in [4.78, 5) is 13.6. The summed E-state index contributed by atoms with van der Waals surface area (Å²) in [6.07, 6.45) is 2.09. The van der Waals surface area contributed by atoms with Crippen LogP contribution in [0.15, 0.2) is 30.5 Å². The van der Waals surface area contributed by atoms with Crippen molar-refractivity contribution >= 4 is 16.9 Å². The van der Waals surface area contributed by atoms with Crippen LogP contribution in [0.2, 0.25) is 0 Å². The SMILES string of the molecule is Cn1ccc2cc(CN3CC4(CNC(=O)N4)C3)ccc21. The highest BCUT2D eigenvalue weighted by atomic mass is 16.2. The fourth-order valence-electron chi connectivity index (χ4n) is 3.38. The van der Waals surface area contributed by atoms with E-state index in [0.717, 1.165) is 26.2 Å². The van der Waals surface area contributed by atoms with Gasteiger partial charge >= 0.3 is 6.03 Å². The summed E-state index contributed by atoms with van der Waals surface area (Å²) in [5, 5.41) is 7.15. The van der Waals surface area contributed by atoms with E-state index in [2.05, 4.69) is 57.6 Å². The molecule has 0 atom stereocenters. The van der Waals surface area contributed by atoms with Crippen molar-refractivity contribution in [2.75, 3.05) is 19.6 Å². The number of hydrogen-bond acceptors (Lipinski definition) is 2. The molecular formula is C15H18N4O. The van der Waals surface area contributed by atoms with E-state index in [4.69, 9.17) is 0 Å². The van der Waals surface area contributed by atoms with Crippen molar-refractivity contribution in [2.24, 2.45) is 7.05 Å². The molecule has 5 nitrogen and oxygen atoms in total. The van der Waals surface area contributed by atoms with Crippen molar-refractivity contribution in [3.8, 4) is 0 Å². The molecular weight excluding hydrogens is 252 g/mol. The molecule has 104 valence electrons. The molecule has 2 fully saturated rings. The summed E-state index contributed by atoms with van der Waals surface area (Å²) in [6.45, 7) is 3.56. The number of fused-ring (bicyclic) bond motifs is 1. The number of amides is 2. The molecule has 0 aliphatic carbocycles. The van der Waals surface area contributed by atoms with Gasteiger partial charge in [0.25, 0.3) is 0 Å². The number of rotatable bonds is 2. The monoisotopic (exact) mass is 270 g/mol. The summed E-state index contributed by atoms with van der Waals surface area (Å²) in [5.74, 6) is 0. The zero-order valence-corrected chi connectivity index (χ0v) is 11.5. The maximum Gasteiger partial charge on any atom is 0.315 e. The van der Waals surface area contributed by atoms with Crippen LogP contribution in [0.5, 0.6) is 0 Å². The number of hydrogen-bond donors (Lipinski definition) is 2. The molecule has 2 N–H and O–H groups in total. The number of carbonyl (C=O) groups is 1. The second-order valence-electron chi connectivity index (χ2n) is 6.05. The van der Waals surface area contributed by atoms with Gasteiger partial charge in [-0.3, -0.25) is 4.90 Å².